The molecule has 3 heterocycles. The number of amides is 1. The smallest absolute Gasteiger partial charge is 0.373 e. The number of thioether (sulfide) groups is 1. The van der Waals surface area contributed by atoms with Crippen LogP contribution in [0.1, 0.15) is 16.3 Å². The molecule has 23 heavy (non-hydrogen) atoms. The van der Waals surface area contributed by atoms with Gasteiger partial charge in [-0.05, 0) is 24.3 Å². The van der Waals surface area contributed by atoms with E-state index in [9.17, 15) is 9.59 Å². The first-order valence-corrected chi connectivity index (χ1v) is 7.69. The maximum absolute atomic E-state index is 12.5. The zero-order valence-corrected chi connectivity index (χ0v) is 13.5. The van der Waals surface area contributed by atoms with Crippen molar-refractivity contribution in [2.75, 3.05) is 12.0 Å². The number of carbonyl (C=O) groups excluding carboxylic acids is 2. The van der Waals surface area contributed by atoms with Crippen LogP contribution in [0.4, 0.5) is 5.69 Å². The van der Waals surface area contributed by atoms with Gasteiger partial charge in [-0.1, -0.05) is 24.0 Å². The van der Waals surface area contributed by atoms with Gasteiger partial charge in [-0.15, -0.1) is 0 Å². The van der Waals surface area contributed by atoms with Gasteiger partial charge < -0.3 is 9.15 Å². The van der Waals surface area contributed by atoms with Gasteiger partial charge in [-0.2, -0.15) is 0 Å². The molecular formula is C15H10N2O4S2. The lowest BCUT2D eigenvalue weighted by Crippen LogP contribution is -2.27. The van der Waals surface area contributed by atoms with Gasteiger partial charge in [0.05, 0.1) is 23.9 Å². The number of esters is 1. The molecule has 1 amide bonds. The quantitative estimate of drug-likeness (QED) is 0.481. The molecular weight excluding hydrogens is 336 g/mol. The molecule has 1 aliphatic rings. The number of anilines is 1. The lowest BCUT2D eigenvalue weighted by molar-refractivity contribution is -0.113. The normalized spacial score (nSPS) is 16.2. The molecule has 0 aliphatic carbocycles. The van der Waals surface area contributed by atoms with Crippen LogP contribution in [0, 0.1) is 0 Å². The summed E-state index contributed by atoms with van der Waals surface area (Å²) in [5, 5.41) is 0. The Morgan fingerprint density at radius 3 is 2.96 bits per heavy atom. The standard InChI is InChI=1S/C15H10N2O4S2/c1-20-14(19)11-5-4-10(21-11)7-12-13(18)17(15(22)23-12)9-3-2-6-16-8-9/h2-8H,1H3. The molecule has 0 atom stereocenters. The highest BCUT2D eigenvalue weighted by Gasteiger charge is 2.33. The van der Waals surface area contributed by atoms with Crippen LogP contribution in [-0.2, 0) is 9.53 Å². The summed E-state index contributed by atoms with van der Waals surface area (Å²) in [6.07, 6.45) is 4.73. The van der Waals surface area contributed by atoms with Crippen LogP contribution in [0.2, 0.25) is 0 Å². The van der Waals surface area contributed by atoms with E-state index in [2.05, 4.69) is 9.72 Å². The Hall–Kier alpha value is -2.45. The minimum absolute atomic E-state index is 0.0708. The van der Waals surface area contributed by atoms with Gasteiger partial charge in [0.1, 0.15) is 5.76 Å². The lowest BCUT2D eigenvalue weighted by atomic mass is 10.3. The van der Waals surface area contributed by atoms with E-state index in [1.165, 1.54) is 18.1 Å². The predicted octanol–water partition coefficient (Wildman–Crippen LogP) is 2.87. The fraction of sp³-hybridized carbons (Fsp3) is 0.0667. The molecule has 3 rings (SSSR count). The molecule has 1 saturated heterocycles. The van der Waals surface area contributed by atoms with Crippen LogP contribution in [0.5, 0.6) is 0 Å². The number of ether oxygens (including phenoxy) is 1. The third-order valence-corrected chi connectivity index (χ3v) is 4.29. The first-order valence-electron chi connectivity index (χ1n) is 6.46. The third-order valence-electron chi connectivity index (χ3n) is 2.98. The monoisotopic (exact) mass is 346 g/mol. The average molecular weight is 346 g/mol. The number of furan rings is 1. The molecule has 116 valence electrons. The Morgan fingerprint density at radius 2 is 2.26 bits per heavy atom. The fourth-order valence-electron chi connectivity index (χ4n) is 1.95. The summed E-state index contributed by atoms with van der Waals surface area (Å²) in [7, 11) is 1.27. The van der Waals surface area contributed by atoms with E-state index in [1.54, 1.807) is 36.7 Å². The lowest BCUT2D eigenvalue weighted by Gasteiger charge is -2.13. The summed E-state index contributed by atoms with van der Waals surface area (Å²) in [4.78, 5) is 29.7. The first kappa shape index (κ1) is 15.4. The average Bonchev–Trinajstić information content (AvgIpc) is 3.13. The second-order valence-corrected chi connectivity index (χ2v) is 6.10. The van der Waals surface area contributed by atoms with E-state index >= 15 is 0 Å². The topological polar surface area (TPSA) is 72.6 Å². The Kier molecular flexibility index (Phi) is 4.26. The second kappa shape index (κ2) is 6.35. The molecule has 0 unspecified atom stereocenters. The first-order chi connectivity index (χ1) is 11.1. The summed E-state index contributed by atoms with van der Waals surface area (Å²) in [5.74, 6) is -0.393. The van der Waals surface area contributed by atoms with Crippen molar-refractivity contribution in [3.63, 3.8) is 0 Å². The van der Waals surface area contributed by atoms with Gasteiger partial charge in [-0.25, -0.2) is 4.79 Å². The summed E-state index contributed by atoms with van der Waals surface area (Å²) < 4.78 is 10.3. The number of aromatic nitrogens is 1. The van der Waals surface area contributed by atoms with Crippen LogP contribution < -0.4 is 4.90 Å². The van der Waals surface area contributed by atoms with Gasteiger partial charge in [0, 0.05) is 12.3 Å². The molecule has 0 spiro atoms. The summed E-state index contributed by atoms with van der Waals surface area (Å²) >= 11 is 6.41. The number of hydrogen-bond donors (Lipinski definition) is 0. The van der Waals surface area contributed by atoms with Gasteiger partial charge in [0.2, 0.25) is 5.76 Å². The predicted molar refractivity (Wildman–Crippen MR) is 89.9 cm³/mol. The van der Waals surface area contributed by atoms with Crippen molar-refractivity contribution in [3.8, 4) is 0 Å². The molecule has 1 fully saturated rings. The largest absolute Gasteiger partial charge is 0.463 e. The van der Waals surface area contributed by atoms with E-state index < -0.39 is 5.97 Å². The molecule has 0 bridgehead atoms. The highest BCUT2D eigenvalue weighted by Crippen LogP contribution is 2.35. The minimum atomic E-state index is -0.576. The van der Waals surface area contributed by atoms with Gasteiger partial charge >= 0.3 is 5.97 Å². The number of rotatable bonds is 3. The van der Waals surface area contributed by atoms with Gasteiger partial charge in [0.15, 0.2) is 4.32 Å². The van der Waals surface area contributed by atoms with Crippen molar-refractivity contribution in [2.24, 2.45) is 0 Å². The molecule has 0 radical (unpaired) electrons. The number of methoxy groups -OCH3 is 1. The highest BCUT2D eigenvalue weighted by atomic mass is 32.2. The zero-order chi connectivity index (χ0) is 16.4. The van der Waals surface area contributed by atoms with Crippen LogP contribution in [0.15, 0.2) is 46.0 Å². The van der Waals surface area contributed by atoms with E-state index in [0.29, 0.717) is 20.7 Å². The van der Waals surface area contributed by atoms with Crippen molar-refractivity contribution in [1.82, 2.24) is 4.98 Å². The molecule has 0 N–H and O–H groups in total. The number of nitrogens with zero attached hydrogens (tertiary/aromatic N) is 2. The van der Waals surface area contributed by atoms with Crippen LogP contribution in [0.3, 0.4) is 0 Å². The van der Waals surface area contributed by atoms with E-state index in [4.69, 9.17) is 16.6 Å². The number of hydrogen-bond acceptors (Lipinski definition) is 7. The number of thiocarbonyl (C=S) groups is 1. The maximum atomic E-state index is 12.5. The van der Waals surface area contributed by atoms with Gasteiger partial charge in [0.25, 0.3) is 5.91 Å². The molecule has 8 heteroatoms. The summed E-state index contributed by atoms with van der Waals surface area (Å²) in [6, 6.07) is 6.55. The Labute approximate surface area is 141 Å². The van der Waals surface area contributed by atoms with Gasteiger partial charge in [-0.3, -0.25) is 14.7 Å². The molecule has 2 aromatic rings. The van der Waals surface area contributed by atoms with Crippen molar-refractivity contribution in [2.45, 2.75) is 0 Å². The fourth-order valence-corrected chi connectivity index (χ4v) is 3.23. The summed E-state index contributed by atoms with van der Waals surface area (Å²) in [5.41, 5.74) is 0.605. The van der Waals surface area contributed by atoms with E-state index in [0.717, 1.165) is 11.8 Å². The Bertz CT molecular complexity index is 814. The molecule has 0 saturated carbocycles. The van der Waals surface area contributed by atoms with Crippen molar-refractivity contribution >= 4 is 51.9 Å². The van der Waals surface area contributed by atoms with E-state index in [-0.39, 0.29) is 11.7 Å². The number of carbonyl (C=O) groups is 2. The van der Waals surface area contributed by atoms with Crippen molar-refractivity contribution in [1.29, 1.82) is 0 Å². The van der Waals surface area contributed by atoms with Crippen LogP contribution in [-0.4, -0.2) is 28.3 Å². The number of pyridine rings is 1. The Morgan fingerprint density at radius 1 is 1.43 bits per heavy atom. The maximum Gasteiger partial charge on any atom is 0.373 e. The molecule has 1 aliphatic heterocycles. The Balaban J connectivity index is 1.87. The molecule has 0 aromatic carbocycles. The zero-order valence-electron chi connectivity index (χ0n) is 11.9. The second-order valence-electron chi connectivity index (χ2n) is 4.42. The van der Waals surface area contributed by atoms with Crippen molar-refractivity contribution < 1.29 is 18.7 Å². The third kappa shape index (κ3) is 3.03. The van der Waals surface area contributed by atoms with Crippen LogP contribution >= 0.6 is 24.0 Å². The molecule has 6 nitrogen and oxygen atoms in total. The minimum Gasteiger partial charge on any atom is -0.463 e. The molecule has 2 aromatic heterocycles. The van der Waals surface area contributed by atoms with E-state index in [1.807, 2.05) is 0 Å². The summed E-state index contributed by atoms with van der Waals surface area (Å²) in [6.45, 7) is 0. The SMILES string of the molecule is COC(=O)c1ccc(C=C2SC(=S)N(c3cccnc3)C2=O)o1. The highest BCUT2D eigenvalue weighted by molar-refractivity contribution is 8.27. The van der Waals surface area contributed by atoms with Crippen LogP contribution in [0.25, 0.3) is 6.08 Å². The van der Waals surface area contributed by atoms with Crippen molar-refractivity contribution in [3.05, 3.63) is 53.1 Å².